The minimum atomic E-state index is 0.0141. The van der Waals surface area contributed by atoms with Crippen LogP contribution in [-0.2, 0) is 6.42 Å². The van der Waals surface area contributed by atoms with Gasteiger partial charge in [0.2, 0.25) is 0 Å². The zero-order chi connectivity index (χ0) is 13.9. The van der Waals surface area contributed by atoms with Gasteiger partial charge in [-0.3, -0.25) is 9.80 Å². The smallest absolute Gasteiger partial charge is 0.0958 e. The molecule has 0 fully saturated rings. The Morgan fingerprint density at radius 1 is 1.00 bits per heavy atom. The maximum atomic E-state index is 2.37. The summed E-state index contributed by atoms with van der Waals surface area (Å²) in [7, 11) is 8.56. The molecule has 0 spiro atoms. The quantitative estimate of drug-likeness (QED) is 0.764. The maximum absolute atomic E-state index is 2.37. The molecule has 0 radical (unpaired) electrons. The molecule has 2 heteroatoms. The Morgan fingerprint density at radius 3 is 2.11 bits per heavy atom. The highest BCUT2D eigenvalue weighted by Crippen LogP contribution is 2.28. The van der Waals surface area contributed by atoms with E-state index < -0.39 is 0 Å². The first-order valence-electron chi connectivity index (χ1n) is 6.82. The number of nitrogens with zero attached hydrogens (tertiary/aromatic N) is 2. The van der Waals surface area contributed by atoms with Crippen molar-refractivity contribution in [3.63, 3.8) is 0 Å². The summed E-state index contributed by atoms with van der Waals surface area (Å²) in [6.45, 7) is 0. The molecule has 0 amide bonds. The van der Waals surface area contributed by atoms with Crippen LogP contribution >= 0.6 is 0 Å². The maximum Gasteiger partial charge on any atom is 0.0958 e. The summed E-state index contributed by atoms with van der Waals surface area (Å²) >= 11 is 0. The molecule has 2 nitrogen and oxygen atoms in total. The molecule has 1 aliphatic carbocycles. The lowest BCUT2D eigenvalue weighted by molar-refractivity contribution is 0.0517. The van der Waals surface area contributed by atoms with Gasteiger partial charge in [-0.2, -0.15) is 0 Å². The molecule has 0 aliphatic heterocycles. The topological polar surface area (TPSA) is 6.48 Å². The molecule has 0 saturated carbocycles. The van der Waals surface area contributed by atoms with Gasteiger partial charge in [0.05, 0.1) is 5.66 Å². The van der Waals surface area contributed by atoms with Crippen LogP contribution in [-0.4, -0.2) is 43.7 Å². The lowest BCUT2D eigenvalue weighted by Gasteiger charge is -2.44. The summed E-state index contributed by atoms with van der Waals surface area (Å²) in [5, 5.41) is 0. The van der Waals surface area contributed by atoms with Crippen LogP contribution in [0.5, 0.6) is 0 Å². The highest BCUT2D eigenvalue weighted by molar-refractivity contribution is 5.33. The third kappa shape index (κ3) is 2.96. The Kier molecular flexibility index (Phi) is 4.23. The van der Waals surface area contributed by atoms with Crippen molar-refractivity contribution in [2.75, 3.05) is 28.2 Å². The summed E-state index contributed by atoms with van der Waals surface area (Å²) in [6.07, 6.45) is 9.02. The number of likely N-dealkylation sites (N-methyl/N-ethyl adjacent to an activating group) is 2. The van der Waals surface area contributed by atoms with E-state index in [-0.39, 0.29) is 5.66 Å². The van der Waals surface area contributed by atoms with Gasteiger partial charge in [-0.1, -0.05) is 42.5 Å². The third-order valence-corrected chi connectivity index (χ3v) is 4.03. The second-order valence-electron chi connectivity index (χ2n) is 5.65. The van der Waals surface area contributed by atoms with Crippen LogP contribution in [0.15, 0.2) is 54.1 Å². The molecule has 102 valence electrons. The second-order valence-corrected chi connectivity index (χ2v) is 5.65. The van der Waals surface area contributed by atoms with Crippen molar-refractivity contribution in [1.82, 2.24) is 9.80 Å². The van der Waals surface area contributed by atoms with Crippen LogP contribution in [0.1, 0.15) is 12.0 Å². The molecule has 0 aromatic heterocycles. The van der Waals surface area contributed by atoms with Crippen molar-refractivity contribution < 1.29 is 0 Å². The number of rotatable bonds is 4. The van der Waals surface area contributed by atoms with Gasteiger partial charge in [0.15, 0.2) is 0 Å². The minimum Gasteiger partial charge on any atom is -0.288 e. The van der Waals surface area contributed by atoms with Crippen LogP contribution in [0.2, 0.25) is 0 Å². The zero-order valence-electron chi connectivity index (χ0n) is 12.4. The Morgan fingerprint density at radius 2 is 1.63 bits per heavy atom. The molecule has 1 aromatic rings. The van der Waals surface area contributed by atoms with Crippen molar-refractivity contribution in [1.29, 1.82) is 0 Å². The summed E-state index contributed by atoms with van der Waals surface area (Å²) in [5.74, 6) is 0. The van der Waals surface area contributed by atoms with Crippen molar-refractivity contribution in [2.45, 2.75) is 18.5 Å². The standard InChI is InChI=1S/C17H24N2/c1-18(2)17(19(3)4)12-10-16(11-13-17)14-15-8-6-5-7-9-15/h5-12H,13-14H2,1-4H3. The Balaban J connectivity index is 2.10. The molecular weight excluding hydrogens is 232 g/mol. The Hall–Kier alpha value is -1.38. The van der Waals surface area contributed by atoms with Crippen LogP contribution in [0.4, 0.5) is 0 Å². The van der Waals surface area contributed by atoms with Gasteiger partial charge in [0.25, 0.3) is 0 Å². The molecule has 2 rings (SSSR count). The second kappa shape index (κ2) is 5.72. The van der Waals surface area contributed by atoms with Crippen molar-refractivity contribution in [2.24, 2.45) is 0 Å². The largest absolute Gasteiger partial charge is 0.288 e. The van der Waals surface area contributed by atoms with Crippen LogP contribution in [0.3, 0.4) is 0 Å². The fourth-order valence-corrected chi connectivity index (χ4v) is 2.68. The van der Waals surface area contributed by atoms with Crippen molar-refractivity contribution in [3.8, 4) is 0 Å². The summed E-state index contributed by atoms with van der Waals surface area (Å²) in [5.41, 5.74) is 2.80. The molecule has 1 aromatic carbocycles. The predicted molar refractivity (Wildman–Crippen MR) is 82.1 cm³/mol. The van der Waals surface area contributed by atoms with Gasteiger partial charge in [-0.15, -0.1) is 0 Å². The highest BCUT2D eigenvalue weighted by Gasteiger charge is 2.32. The van der Waals surface area contributed by atoms with Crippen molar-refractivity contribution in [3.05, 3.63) is 59.7 Å². The number of hydrogen-bond acceptors (Lipinski definition) is 2. The van der Waals surface area contributed by atoms with Crippen LogP contribution in [0.25, 0.3) is 0 Å². The van der Waals surface area contributed by atoms with Gasteiger partial charge >= 0.3 is 0 Å². The fourth-order valence-electron chi connectivity index (χ4n) is 2.68. The third-order valence-electron chi connectivity index (χ3n) is 4.03. The van der Waals surface area contributed by atoms with E-state index in [1.807, 2.05) is 0 Å². The minimum absolute atomic E-state index is 0.0141. The van der Waals surface area contributed by atoms with E-state index in [4.69, 9.17) is 0 Å². The zero-order valence-corrected chi connectivity index (χ0v) is 12.4. The molecule has 19 heavy (non-hydrogen) atoms. The molecule has 0 N–H and O–H groups in total. The van der Waals surface area contributed by atoms with Crippen molar-refractivity contribution >= 4 is 0 Å². The highest BCUT2D eigenvalue weighted by atomic mass is 15.4. The lowest BCUT2D eigenvalue weighted by Crippen LogP contribution is -2.54. The van der Waals surface area contributed by atoms with Crippen LogP contribution in [0, 0.1) is 0 Å². The van der Waals surface area contributed by atoms with Gasteiger partial charge in [-0.05, 0) is 51.8 Å². The van der Waals surface area contributed by atoms with E-state index in [1.54, 1.807) is 0 Å². The molecular formula is C17H24N2. The normalized spacial score (nSPS) is 17.9. The first kappa shape index (κ1) is 14.0. The molecule has 0 saturated heterocycles. The number of benzene rings is 1. The van der Waals surface area contributed by atoms with E-state index in [0.29, 0.717) is 0 Å². The van der Waals surface area contributed by atoms with Gasteiger partial charge < -0.3 is 0 Å². The van der Waals surface area contributed by atoms with Gasteiger partial charge in [0, 0.05) is 6.42 Å². The first-order valence-corrected chi connectivity index (χ1v) is 6.82. The lowest BCUT2D eigenvalue weighted by atomic mass is 9.91. The van der Waals surface area contributed by atoms with E-state index in [0.717, 1.165) is 12.8 Å². The molecule has 0 heterocycles. The molecule has 0 bridgehead atoms. The van der Waals surface area contributed by atoms with E-state index >= 15 is 0 Å². The monoisotopic (exact) mass is 256 g/mol. The van der Waals surface area contributed by atoms with Gasteiger partial charge in [-0.25, -0.2) is 0 Å². The van der Waals surface area contributed by atoms with E-state index in [9.17, 15) is 0 Å². The molecule has 0 atom stereocenters. The average Bonchev–Trinajstić information content (AvgIpc) is 2.40. The Labute approximate surface area is 117 Å². The summed E-state index contributed by atoms with van der Waals surface area (Å²) in [6, 6.07) is 10.7. The van der Waals surface area contributed by atoms with E-state index in [2.05, 4.69) is 86.6 Å². The number of hydrogen-bond donors (Lipinski definition) is 0. The number of allylic oxidation sites excluding steroid dienone is 2. The first-order chi connectivity index (χ1) is 9.04. The summed E-state index contributed by atoms with van der Waals surface area (Å²) < 4.78 is 0. The molecule has 1 aliphatic rings. The molecule has 0 unspecified atom stereocenters. The summed E-state index contributed by atoms with van der Waals surface area (Å²) in [4.78, 5) is 4.55. The Bertz CT molecular complexity index is 461. The van der Waals surface area contributed by atoms with Crippen LogP contribution < -0.4 is 0 Å². The SMILES string of the molecule is CN(C)C1(N(C)C)C=CC(Cc2ccccc2)=CC1. The van der Waals surface area contributed by atoms with Gasteiger partial charge in [0.1, 0.15) is 0 Å². The van der Waals surface area contributed by atoms with E-state index in [1.165, 1.54) is 11.1 Å². The average molecular weight is 256 g/mol. The fraction of sp³-hybridized carbons (Fsp3) is 0.412. The predicted octanol–water partition coefficient (Wildman–Crippen LogP) is 2.93.